The Kier molecular flexibility index (Phi) is 3.34. The average molecular weight is 209 g/mol. The van der Waals surface area contributed by atoms with E-state index in [1.54, 1.807) is 12.1 Å². The van der Waals surface area contributed by atoms with Gasteiger partial charge in [0.1, 0.15) is 5.82 Å². The SMILES string of the molecule is O[C@H](c1cccc(F)c1)C1CCNCC1. The monoisotopic (exact) mass is 209 g/mol. The smallest absolute Gasteiger partial charge is 0.123 e. The molecule has 0 aromatic heterocycles. The van der Waals surface area contributed by atoms with Gasteiger partial charge in [-0.05, 0) is 49.5 Å². The first-order valence-corrected chi connectivity index (χ1v) is 5.41. The summed E-state index contributed by atoms with van der Waals surface area (Å²) in [5.41, 5.74) is 0.696. The summed E-state index contributed by atoms with van der Waals surface area (Å²) >= 11 is 0. The fraction of sp³-hybridized carbons (Fsp3) is 0.500. The van der Waals surface area contributed by atoms with E-state index in [9.17, 15) is 9.50 Å². The van der Waals surface area contributed by atoms with Gasteiger partial charge >= 0.3 is 0 Å². The standard InChI is InChI=1S/C12H16FNO/c13-11-3-1-2-10(8-11)12(15)9-4-6-14-7-5-9/h1-3,8-9,12,14-15H,4-7H2/t12-/m0/s1. The van der Waals surface area contributed by atoms with Gasteiger partial charge in [0.05, 0.1) is 6.10 Å². The first kappa shape index (κ1) is 10.6. The third kappa shape index (κ3) is 2.55. The van der Waals surface area contributed by atoms with Gasteiger partial charge < -0.3 is 10.4 Å². The summed E-state index contributed by atoms with van der Waals surface area (Å²) in [6, 6.07) is 6.26. The molecule has 0 amide bonds. The lowest BCUT2D eigenvalue weighted by Gasteiger charge is -2.27. The molecule has 0 bridgehead atoms. The molecule has 0 radical (unpaired) electrons. The molecule has 1 saturated heterocycles. The van der Waals surface area contributed by atoms with Crippen LogP contribution in [0.5, 0.6) is 0 Å². The van der Waals surface area contributed by atoms with E-state index in [-0.39, 0.29) is 11.7 Å². The van der Waals surface area contributed by atoms with Gasteiger partial charge in [-0.15, -0.1) is 0 Å². The zero-order chi connectivity index (χ0) is 10.7. The van der Waals surface area contributed by atoms with Gasteiger partial charge in [0.25, 0.3) is 0 Å². The topological polar surface area (TPSA) is 32.3 Å². The highest BCUT2D eigenvalue weighted by atomic mass is 19.1. The fourth-order valence-corrected chi connectivity index (χ4v) is 2.12. The molecule has 1 fully saturated rings. The Morgan fingerprint density at radius 2 is 2.07 bits per heavy atom. The highest BCUT2D eigenvalue weighted by Crippen LogP contribution is 2.28. The number of halogens is 1. The Morgan fingerprint density at radius 3 is 2.73 bits per heavy atom. The number of nitrogens with one attached hydrogen (secondary N) is 1. The maximum Gasteiger partial charge on any atom is 0.123 e. The summed E-state index contributed by atoms with van der Waals surface area (Å²) in [5.74, 6) is -0.0199. The minimum atomic E-state index is -0.525. The van der Waals surface area contributed by atoms with E-state index < -0.39 is 6.10 Å². The van der Waals surface area contributed by atoms with Gasteiger partial charge in [0.15, 0.2) is 0 Å². The van der Waals surface area contributed by atoms with Crippen molar-refractivity contribution >= 4 is 0 Å². The lowest BCUT2D eigenvalue weighted by molar-refractivity contribution is 0.0886. The van der Waals surface area contributed by atoms with Crippen molar-refractivity contribution in [2.75, 3.05) is 13.1 Å². The Balaban J connectivity index is 2.08. The quantitative estimate of drug-likeness (QED) is 0.779. The Morgan fingerprint density at radius 1 is 1.33 bits per heavy atom. The van der Waals surface area contributed by atoms with Crippen molar-refractivity contribution < 1.29 is 9.50 Å². The molecule has 1 heterocycles. The van der Waals surface area contributed by atoms with E-state index in [4.69, 9.17) is 0 Å². The predicted molar refractivity (Wildman–Crippen MR) is 57.0 cm³/mol. The van der Waals surface area contributed by atoms with E-state index in [1.807, 2.05) is 0 Å². The van der Waals surface area contributed by atoms with Crippen molar-refractivity contribution in [2.24, 2.45) is 5.92 Å². The summed E-state index contributed by atoms with van der Waals surface area (Å²) in [6.45, 7) is 1.88. The molecule has 15 heavy (non-hydrogen) atoms. The van der Waals surface area contributed by atoms with Gasteiger partial charge in [-0.25, -0.2) is 4.39 Å². The van der Waals surface area contributed by atoms with Crippen LogP contribution in [0.2, 0.25) is 0 Å². The van der Waals surface area contributed by atoms with Gasteiger partial charge in [-0.2, -0.15) is 0 Å². The molecule has 1 aromatic rings. The van der Waals surface area contributed by atoms with Crippen LogP contribution < -0.4 is 5.32 Å². The van der Waals surface area contributed by atoms with Crippen LogP contribution in [0.3, 0.4) is 0 Å². The second kappa shape index (κ2) is 4.73. The lowest BCUT2D eigenvalue weighted by Crippen LogP contribution is -2.30. The van der Waals surface area contributed by atoms with E-state index in [1.165, 1.54) is 12.1 Å². The van der Waals surface area contributed by atoms with E-state index in [0.29, 0.717) is 5.56 Å². The third-order valence-corrected chi connectivity index (χ3v) is 3.02. The number of hydrogen-bond acceptors (Lipinski definition) is 2. The normalized spacial score (nSPS) is 20.1. The Hall–Kier alpha value is -0.930. The average Bonchev–Trinajstić information content (AvgIpc) is 2.29. The van der Waals surface area contributed by atoms with Crippen LogP contribution in [-0.4, -0.2) is 18.2 Å². The molecule has 82 valence electrons. The molecule has 1 atom stereocenters. The highest BCUT2D eigenvalue weighted by Gasteiger charge is 2.22. The zero-order valence-corrected chi connectivity index (χ0v) is 8.62. The number of hydrogen-bond donors (Lipinski definition) is 2. The zero-order valence-electron chi connectivity index (χ0n) is 8.62. The van der Waals surface area contributed by atoms with Crippen molar-refractivity contribution in [3.8, 4) is 0 Å². The molecule has 1 aromatic carbocycles. The number of aliphatic hydroxyl groups excluding tert-OH is 1. The highest BCUT2D eigenvalue weighted by molar-refractivity contribution is 5.19. The van der Waals surface area contributed by atoms with Crippen molar-refractivity contribution in [2.45, 2.75) is 18.9 Å². The van der Waals surface area contributed by atoms with Crippen LogP contribution in [0.4, 0.5) is 4.39 Å². The number of aliphatic hydroxyl groups is 1. The summed E-state index contributed by atoms with van der Waals surface area (Å²) in [4.78, 5) is 0. The maximum atomic E-state index is 13.0. The van der Waals surface area contributed by atoms with Crippen molar-refractivity contribution in [3.05, 3.63) is 35.6 Å². The van der Waals surface area contributed by atoms with Crippen LogP contribution in [-0.2, 0) is 0 Å². The summed E-state index contributed by atoms with van der Waals surface area (Å²) in [6.07, 6.45) is 1.39. The van der Waals surface area contributed by atoms with Gasteiger partial charge in [-0.1, -0.05) is 12.1 Å². The molecule has 2 N–H and O–H groups in total. The molecule has 0 saturated carbocycles. The Bertz CT molecular complexity index is 323. The van der Waals surface area contributed by atoms with Gasteiger partial charge in [0.2, 0.25) is 0 Å². The minimum absolute atomic E-state index is 0.257. The van der Waals surface area contributed by atoms with Crippen molar-refractivity contribution in [1.82, 2.24) is 5.32 Å². The van der Waals surface area contributed by atoms with Gasteiger partial charge in [0, 0.05) is 0 Å². The van der Waals surface area contributed by atoms with Crippen LogP contribution >= 0.6 is 0 Å². The van der Waals surface area contributed by atoms with Crippen LogP contribution in [0.15, 0.2) is 24.3 Å². The maximum absolute atomic E-state index is 13.0. The molecule has 2 rings (SSSR count). The second-order valence-electron chi connectivity index (χ2n) is 4.09. The first-order chi connectivity index (χ1) is 7.27. The van der Waals surface area contributed by atoms with Crippen LogP contribution in [0.25, 0.3) is 0 Å². The molecule has 2 nitrogen and oxygen atoms in total. The molecule has 0 spiro atoms. The number of rotatable bonds is 2. The van der Waals surface area contributed by atoms with Gasteiger partial charge in [-0.3, -0.25) is 0 Å². The summed E-state index contributed by atoms with van der Waals surface area (Å²) in [7, 11) is 0. The number of piperidine rings is 1. The predicted octanol–water partition coefficient (Wildman–Crippen LogP) is 1.86. The van der Waals surface area contributed by atoms with Crippen molar-refractivity contribution in [3.63, 3.8) is 0 Å². The Labute approximate surface area is 89.1 Å². The molecule has 0 aliphatic carbocycles. The minimum Gasteiger partial charge on any atom is -0.388 e. The second-order valence-corrected chi connectivity index (χ2v) is 4.09. The largest absolute Gasteiger partial charge is 0.388 e. The molecule has 3 heteroatoms. The fourth-order valence-electron chi connectivity index (χ4n) is 2.12. The van der Waals surface area contributed by atoms with Crippen LogP contribution in [0.1, 0.15) is 24.5 Å². The van der Waals surface area contributed by atoms with E-state index in [2.05, 4.69) is 5.32 Å². The molecule has 1 aliphatic heterocycles. The number of benzene rings is 1. The van der Waals surface area contributed by atoms with E-state index in [0.717, 1.165) is 25.9 Å². The van der Waals surface area contributed by atoms with E-state index >= 15 is 0 Å². The summed E-state index contributed by atoms with van der Waals surface area (Å²) in [5, 5.41) is 13.3. The summed E-state index contributed by atoms with van der Waals surface area (Å²) < 4.78 is 13.0. The first-order valence-electron chi connectivity index (χ1n) is 5.41. The molecule has 0 unspecified atom stereocenters. The van der Waals surface area contributed by atoms with Crippen molar-refractivity contribution in [1.29, 1.82) is 0 Å². The molecular formula is C12H16FNO. The third-order valence-electron chi connectivity index (χ3n) is 3.02. The molecule has 1 aliphatic rings. The molecular weight excluding hydrogens is 193 g/mol. The van der Waals surface area contributed by atoms with Crippen LogP contribution in [0, 0.1) is 11.7 Å². The lowest BCUT2D eigenvalue weighted by atomic mass is 9.88.